The Bertz CT molecular complexity index is 418. The second-order valence-corrected chi connectivity index (χ2v) is 2.89. The SMILES string of the molecule is COC(=O)c1cccc([N+](=O)[O-])c1CNO. The van der Waals surface area contributed by atoms with Gasteiger partial charge in [-0.05, 0) is 6.07 Å². The molecule has 1 aromatic carbocycles. The van der Waals surface area contributed by atoms with Crippen LogP contribution in [0.25, 0.3) is 0 Å². The Labute approximate surface area is 90.8 Å². The maximum absolute atomic E-state index is 11.3. The first-order valence-corrected chi connectivity index (χ1v) is 4.33. The van der Waals surface area contributed by atoms with E-state index in [0.29, 0.717) is 0 Å². The summed E-state index contributed by atoms with van der Waals surface area (Å²) in [5, 5.41) is 19.3. The average molecular weight is 226 g/mol. The van der Waals surface area contributed by atoms with Crippen LogP contribution in [0.1, 0.15) is 15.9 Å². The number of ether oxygens (including phenoxy) is 1. The normalized spacial score (nSPS) is 9.88. The molecule has 0 heterocycles. The number of hydrogen-bond acceptors (Lipinski definition) is 6. The third kappa shape index (κ3) is 2.33. The van der Waals surface area contributed by atoms with Crippen LogP contribution in [-0.2, 0) is 11.3 Å². The Hall–Kier alpha value is -1.99. The van der Waals surface area contributed by atoms with Crippen LogP contribution in [0.15, 0.2) is 18.2 Å². The van der Waals surface area contributed by atoms with E-state index in [1.165, 1.54) is 25.3 Å². The molecule has 0 saturated heterocycles. The Balaban J connectivity index is 3.32. The summed E-state index contributed by atoms with van der Waals surface area (Å²) in [6.45, 7) is -0.207. The highest BCUT2D eigenvalue weighted by atomic mass is 16.6. The molecule has 0 bridgehead atoms. The van der Waals surface area contributed by atoms with Crippen LogP contribution in [0.5, 0.6) is 0 Å². The van der Waals surface area contributed by atoms with Gasteiger partial charge in [0, 0.05) is 6.07 Å². The molecule has 0 aromatic heterocycles. The molecular formula is C9H10N2O5. The van der Waals surface area contributed by atoms with Gasteiger partial charge in [0.2, 0.25) is 0 Å². The van der Waals surface area contributed by atoms with E-state index in [1.807, 2.05) is 0 Å². The molecule has 1 rings (SSSR count). The van der Waals surface area contributed by atoms with Gasteiger partial charge in [0.05, 0.1) is 29.7 Å². The fourth-order valence-corrected chi connectivity index (χ4v) is 1.31. The van der Waals surface area contributed by atoms with Crippen molar-refractivity contribution in [2.75, 3.05) is 7.11 Å². The van der Waals surface area contributed by atoms with E-state index in [4.69, 9.17) is 5.21 Å². The molecule has 0 aliphatic carbocycles. The zero-order chi connectivity index (χ0) is 12.1. The zero-order valence-electron chi connectivity index (χ0n) is 8.47. The molecule has 0 aliphatic rings. The number of benzene rings is 1. The van der Waals surface area contributed by atoms with Gasteiger partial charge in [-0.2, -0.15) is 0 Å². The standard InChI is InChI=1S/C9H10N2O5/c1-16-9(12)6-3-2-4-8(11(14)15)7(6)5-10-13/h2-4,10,13H,5H2,1H3. The van der Waals surface area contributed by atoms with Gasteiger partial charge >= 0.3 is 5.97 Å². The van der Waals surface area contributed by atoms with Gasteiger partial charge < -0.3 is 9.94 Å². The Morgan fingerprint density at radius 2 is 2.31 bits per heavy atom. The van der Waals surface area contributed by atoms with Crippen LogP contribution in [-0.4, -0.2) is 23.2 Å². The van der Waals surface area contributed by atoms with Crippen LogP contribution in [0.3, 0.4) is 0 Å². The van der Waals surface area contributed by atoms with Gasteiger partial charge in [-0.15, -0.1) is 0 Å². The number of nitro groups is 1. The fraction of sp³-hybridized carbons (Fsp3) is 0.222. The van der Waals surface area contributed by atoms with Crippen molar-refractivity contribution in [3.8, 4) is 0 Å². The molecule has 0 aliphatic heterocycles. The van der Waals surface area contributed by atoms with E-state index in [-0.39, 0.29) is 23.4 Å². The van der Waals surface area contributed by atoms with Gasteiger partial charge in [0.25, 0.3) is 5.69 Å². The summed E-state index contributed by atoms with van der Waals surface area (Å²) >= 11 is 0. The quantitative estimate of drug-likeness (QED) is 0.448. The monoisotopic (exact) mass is 226 g/mol. The second-order valence-electron chi connectivity index (χ2n) is 2.89. The number of nitro benzene ring substituents is 1. The van der Waals surface area contributed by atoms with Crippen molar-refractivity contribution >= 4 is 11.7 Å². The minimum atomic E-state index is -0.686. The van der Waals surface area contributed by atoms with Gasteiger partial charge in [-0.25, -0.2) is 10.3 Å². The van der Waals surface area contributed by atoms with Crippen molar-refractivity contribution in [3.63, 3.8) is 0 Å². The smallest absolute Gasteiger partial charge is 0.338 e. The fourth-order valence-electron chi connectivity index (χ4n) is 1.31. The van der Waals surface area contributed by atoms with Gasteiger partial charge in [0.15, 0.2) is 0 Å². The zero-order valence-corrected chi connectivity index (χ0v) is 8.47. The highest BCUT2D eigenvalue weighted by Gasteiger charge is 2.21. The first-order chi connectivity index (χ1) is 7.61. The highest BCUT2D eigenvalue weighted by molar-refractivity contribution is 5.92. The lowest BCUT2D eigenvalue weighted by Gasteiger charge is -2.07. The largest absolute Gasteiger partial charge is 0.465 e. The van der Waals surface area contributed by atoms with E-state index in [2.05, 4.69) is 4.74 Å². The lowest BCUT2D eigenvalue weighted by atomic mass is 10.1. The first kappa shape index (κ1) is 12.1. The third-order valence-electron chi connectivity index (χ3n) is 2.01. The van der Waals surface area contributed by atoms with Crippen molar-refractivity contribution in [1.29, 1.82) is 0 Å². The summed E-state index contributed by atoms with van der Waals surface area (Å²) in [6.07, 6.45) is 0. The molecule has 7 nitrogen and oxygen atoms in total. The van der Waals surface area contributed by atoms with Gasteiger partial charge in [-0.3, -0.25) is 10.1 Å². The lowest BCUT2D eigenvalue weighted by Crippen LogP contribution is -2.14. The van der Waals surface area contributed by atoms with E-state index >= 15 is 0 Å². The van der Waals surface area contributed by atoms with Gasteiger partial charge in [0.1, 0.15) is 0 Å². The number of nitrogens with one attached hydrogen (secondary N) is 1. The lowest BCUT2D eigenvalue weighted by molar-refractivity contribution is -0.385. The van der Waals surface area contributed by atoms with E-state index in [0.717, 1.165) is 0 Å². The molecule has 86 valence electrons. The molecule has 7 heteroatoms. The van der Waals surface area contributed by atoms with Crippen LogP contribution in [0, 0.1) is 10.1 Å². The second kappa shape index (κ2) is 5.19. The van der Waals surface area contributed by atoms with Crippen molar-refractivity contribution in [3.05, 3.63) is 39.4 Å². The van der Waals surface area contributed by atoms with Crippen LogP contribution < -0.4 is 5.48 Å². The Morgan fingerprint density at radius 1 is 1.62 bits per heavy atom. The van der Waals surface area contributed by atoms with Crippen LogP contribution in [0.4, 0.5) is 5.69 Å². The molecule has 0 unspecified atom stereocenters. The summed E-state index contributed by atoms with van der Waals surface area (Å²) in [5.74, 6) is -0.686. The number of hydrogen-bond donors (Lipinski definition) is 2. The average Bonchev–Trinajstić information content (AvgIpc) is 2.28. The predicted molar refractivity (Wildman–Crippen MR) is 53.1 cm³/mol. The van der Waals surface area contributed by atoms with Crippen molar-refractivity contribution in [2.24, 2.45) is 0 Å². The minimum Gasteiger partial charge on any atom is -0.465 e. The maximum Gasteiger partial charge on any atom is 0.338 e. The molecule has 0 saturated carbocycles. The molecule has 0 radical (unpaired) electrons. The number of rotatable bonds is 4. The van der Waals surface area contributed by atoms with Crippen molar-refractivity contribution in [2.45, 2.75) is 6.54 Å². The molecule has 0 fully saturated rings. The summed E-state index contributed by atoms with van der Waals surface area (Å²) in [5.41, 5.74) is 1.68. The molecular weight excluding hydrogens is 216 g/mol. The molecule has 0 amide bonds. The number of nitrogens with zero attached hydrogens (tertiary/aromatic N) is 1. The summed E-state index contributed by atoms with van der Waals surface area (Å²) in [6, 6.07) is 4.02. The Kier molecular flexibility index (Phi) is 3.92. The summed E-state index contributed by atoms with van der Waals surface area (Å²) in [4.78, 5) is 21.4. The molecule has 1 aromatic rings. The minimum absolute atomic E-state index is 0.0539. The molecule has 0 atom stereocenters. The number of hydroxylamine groups is 1. The third-order valence-corrected chi connectivity index (χ3v) is 2.01. The van der Waals surface area contributed by atoms with E-state index in [9.17, 15) is 14.9 Å². The van der Waals surface area contributed by atoms with Gasteiger partial charge in [-0.1, -0.05) is 6.07 Å². The number of carbonyl (C=O) groups excluding carboxylic acids is 1. The van der Waals surface area contributed by atoms with Crippen molar-refractivity contribution in [1.82, 2.24) is 5.48 Å². The number of esters is 1. The van der Waals surface area contributed by atoms with E-state index < -0.39 is 10.9 Å². The predicted octanol–water partition coefficient (Wildman–Crippen LogP) is 0.860. The van der Waals surface area contributed by atoms with Crippen LogP contribution in [0.2, 0.25) is 0 Å². The van der Waals surface area contributed by atoms with Crippen LogP contribution >= 0.6 is 0 Å². The summed E-state index contributed by atoms with van der Waals surface area (Å²) < 4.78 is 4.49. The maximum atomic E-state index is 11.3. The molecule has 2 N–H and O–H groups in total. The molecule has 16 heavy (non-hydrogen) atoms. The highest BCUT2D eigenvalue weighted by Crippen LogP contribution is 2.22. The number of methoxy groups -OCH3 is 1. The number of carbonyl (C=O) groups is 1. The van der Waals surface area contributed by atoms with E-state index in [1.54, 1.807) is 5.48 Å². The first-order valence-electron chi connectivity index (χ1n) is 4.33. The van der Waals surface area contributed by atoms with Crippen molar-refractivity contribution < 1.29 is 19.7 Å². The molecule has 0 spiro atoms. The summed E-state index contributed by atoms with van der Waals surface area (Å²) in [7, 11) is 1.18. The Morgan fingerprint density at radius 3 is 2.81 bits per heavy atom. The topological polar surface area (TPSA) is 102 Å².